The lowest BCUT2D eigenvalue weighted by Crippen LogP contribution is -2.12. The second-order valence-corrected chi connectivity index (χ2v) is 4.56. The zero-order valence-electron chi connectivity index (χ0n) is 11.5. The number of pyridine rings is 1. The molecule has 0 bridgehead atoms. The highest BCUT2D eigenvalue weighted by Crippen LogP contribution is 2.24. The Labute approximate surface area is 113 Å². The quantitative estimate of drug-likeness (QED) is 0.863. The van der Waals surface area contributed by atoms with Gasteiger partial charge in [0.2, 0.25) is 11.7 Å². The first kappa shape index (κ1) is 13.7. The molecule has 0 amide bonds. The lowest BCUT2D eigenvalue weighted by Gasteiger charge is -2.06. The molecule has 2 rings (SSSR count). The molecule has 0 spiro atoms. The lowest BCUT2D eigenvalue weighted by molar-refractivity contribution is 0.347. The predicted molar refractivity (Wildman–Crippen MR) is 73.6 cm³/mol. The van der Waals surface area contributed by atoms with Crippen molar-refractivity contribution in [3.05, 3.63) is 29.9 Å². The van der Waals surface area contributed by atoms with E-state index >= 15 is 0 Å². The van der Waals surface area contributed by atoms with Gasteiger partial charge in [-0.2, -0.15) is 4.98 Å². The molecule has 5 nitrogen and oxygen atoms in total. The molecule has 5 heteroatoms. The van der Waals surface area contributed by atoms with Crippen molar-refractivity contribution >= 4 is 0 Å². The first-order valence-electron chi connectivity index (χ1n) is 6.77. The number of aromatic nitrogens is 3. The summed E-state index contributed by atoms with van der Waals surface area (Å²) in [6.45, 7) is 4.74. The van der Waals surface area contributed by atoms with E-state index in [0.717, 1.165) is 30.4 Å². The van der Waals surface area contributed by atoms with Crippen LogP contribution in [0, 0.1) is 0 Å². The van der Waals surface area contributed by atoms with Gasteiger partial charge in [-0.05, 0) is 24.5 Å². The SMILES string of the molecule is CCCC(CN)c1nc(-c2ccncc2CC)no1. The van der Waals surface area contributed by atoms with Gasteiger partial charge in [0.25, 0.3) is 0 Å². The van der Waals surface area contributed by atoms with Crippen molar-refractivity contribution in [2.75, 3.05) is 6.54 Å². The summed E-state index contributed by atoms with van der Waals surface area (Å²) in [5.74, 6) is 1.42. The Morgan fingerprint density at radius 2 is 2.21 bits per heavy atom. The van der Waals surface area contributed by atoms with Gasteiger partial charge in [-0.1, -0.05) is 25.4 Å². The monoisotopic (exact) mass is 260 g/mol. The van der Waals surface area contributed by atoms with Crippen LogP contribution >= 0.6 is 0 Å². The van der Waals surface area contributed by atoms with Crippen LogP contribution in [0.5, 0.6) is 0 Å². The van der Waals surface area contributed by atoms with Crippen molar-refractivity contribution in [2.45, 2.75) is 39.0 Å². The molecule has 0 aliphatic heterocycles. The van der Waals surface area contributed by atoms with Crippen molar-refractivity contribution in [2.24, 2.45) is 5.73 Å². The lowest BCUT2D eigenvalue weighted by atomic mass is 10.0. The van der Waals surface area contributed by atoms with Gasteiger partial charge < -0.3 is 10.3 Å². The fourth-order valence-corrected chi connectivity index (χ4v) is 2.13. The number of aryl methyl sites for hydroxylation is 1. The van der Waals surface area contributed by atoms with Gasteiger partial charge in [0.05, 0.1) is 5.92 Å². The largest absolute Gasteiger partial charge is 0.339 e. The van der Waals surface area contributed by atoms with Gasteiger partial charge in [-0.25, -0.2) is 0 Å². The zero-order valence-corrected chi connectivity index (χ0v) is 11.5. The maximum absolute atomic E-state index is 5.76. The second kappa shape index (κ2) is 6.43. The van der Waals surface area contributed by atoms with E-state index < -0.39 is 0 Å². The topological polar surface area (TPSA) is 77.8 Å². The van der Waals surface area contributed by atoms with E-state index in [4.69, 9.17) is 10.3 Å². The Morgan fingerprint density at radius 1 is 1.37 bits per heavy atom. The standard InChI is InChI=1S/C14H20N4O/c1-3-5-11(8-15)14-17-13(18-19-14)12-6-7-16-9-10(12)4-2/h6-7,9,11H,3-5,8,15H2,1-2H3. The molecule has 1 unspecified atom stereocenters. The molecule has 19 heavy (non-hydrogen) atoms. The third-order valence-electron chi connectivity index (χ3n) is 3.24. The third-order valence-corrected chi connectivity index (χ3v) is 3.24. The van der Waals surface area contributed by atoms with E-state index in [1.807, 2.05) is 12.3 Å². The molecule has 0 saturated heterocycles. The van der Waals surface area contributed by atoms with Crippen LogP contribution < -0.4 is 5.73 Å². The first-order chi connectivity index (χ1) is 9.30. The molecule has 0 radical (unpaired) electrons. The zero-order chi connectivity index (χ0) is 13.7. The number of nitrogens with two attached hydrogens (primary N) is 1. The Balaban J connectivity index is 2.30. The minimum Gasteiger partial charge on any atom is -0.339 e. The van der Waals surface area contributed by atoms with Crippen LogP contribution in [-0.4, -0.2) is 21.7 Å². The van der Waals surface area contributed by atoms with E-state index in [1.54, 1.807) is 6.20 Å². The van der Waals surface area contributed by atoms with Crippen LogP contribution in [0.25, 0.3) is 11.4 Å². The summed E-state index contributed by atoms with van der Waals surface area (Å²) in [5.41, 5.74) is 7.86. The van der Waals surface area contributed by atoms with E-state index in [0.29, 0.717) is 18.3 Å². The molecule has 102 valence electrons. The number of rotatable bonds is 6. The van der Waals surface area contributed by atoms with E-state index in [1.165, 1.54) is 0 Å². The van der Waals surface area contributed by atoms with Crippen LogP contribution in [0.3, 0.4) is 0 Å². The van der Waals surface area contributed by atoms with Gasteiger partial charge in [0.1, 0.15) is 0 Å². The number of hydrogen-bond donors (Lipinski definition) is 1. The Bertz CT molecular complexity index is 524. The van der Waals surface area contributed by atoms with Gasteiger partial charge in [0, 0.05) is 24.5 Å². The second-order valence-electron chi connectivity index (χ2n) is 4.56. The number of hydrogen-bond acceptors (Lipinski definition) is 5. The highest BCUT2D eigenvalue weighted by atomic mass is 16.5. The molecule has 0 saturated carbocycles. The highest BCUT2D eigenvalue weighted by molar-refractivity contribution is 5.58. The maximum atomic E-state index is 5.76. The Hall–Kier alpha value is -1.75. The van der Waals surface area contributed by atoms with Crippen molar-refractivity contribution in [1.29, 1.82) is 0 Å². The maximum Gasteiger partial charge on any atom is 0.231 e. The summed E-state index contributed by atoms with van der Waals surface area (Å²) in [5, 5.41) is 4.08. The van der Waals surface area contributed by atoms with Crippen LogP contribution in [0.4, 0.5) is 0 Å². The summed E-state index contributed by atoms with van der Waals surface area (Å²) in [4.78, 5) is 8.62. The molecule has 0 aromatic carbocycles. The van der Waals surface area contributed by atoms with E-state index in [9.17, 15) is 0 Å². The van der Waals surface area contributed by atoms with Gasteiger partial charge >= 0.3 is 0 Å². The third kappa shape index (κ3) is 2.98. The fraction of sp³-hybridized carbons (Fsp3) is 0.500. The smallest absolute Gasteiger partial charge is 0.231 e. The molecular weight excluding hydrogens is 240 g/mol. The minimum absolute atomic E-state index is 0.151. The van der Waals surface area contributed by atoms with Crippen LogP contribution in [-0.2, 0) is 6.42 Å². The van der Waals surface area contributed by atoms with Crippen molar-refractivity contribution < 1.29 is 4.52 Å². The predicted octanol–water partition coefficient (Wildman–Crippen LogP) is 2.54. The summed E-state index contributed by atoms with van der Waals surface area (Å²) in [6.07, 6.45) is 6.50. The normalized spacial score (nSPS) is 12.6. The fourth-order valence-electron chi connectivity index (χ4n) is 2.13. The van der Waals surface area contributed by atoms with Gasteiger partial charge in [0.15, 0.2) is 0 Å². The minimum atomic E-state index is 0.151. The molecule has 2 aromatic rings. The van der Waals surface area contributed by atoms with Crippen LogP contribution in [0.2, 0.25) is 0 Å². The molecule has 0 fully saturated rings. The Kier molecular flexibility index (Phi) is 4.63. The van der Waals surface area contributed by atoms with Crippen LogP contribution in [0.1, 0.15) is 44.1 Å². The molecule has 2 aromatic heterocycles. The summed E-state index contributed by atoms with van der Waals surface area (Å²) >= 11 is 0. The molecule has 0 aliphatic rings. The molecule has 0 aliphatic carbocycles. The van der Waals surface area contributed by atoms with Crippen molar-refractivity contribution in [1.82, 2.24) is 15.1 Å². The van der Waals surface area contributed by atoms with Gasteiger partial charge in [-0.15, -0.1) is 0 Å². The summed E-state index contributed by atoms with van der Waals surface area (Å²) in [6, 6.07) is 1.92. The van der Waals surface area contributed by atoms with Crippen molar-refractivity contribution in [3.8, 4) is 11.4 Å². The first-order valence-corrected chi connectivity index (χ1v) is 6.77. The Morgan fingerprint density at radius 3 is 2.89 bits per heavy atom. The van der Waals surface area contributed by atoms with Crippen LogP contribution in [0.15, 0.2) is 23.0 Å². The average Bonchev–Trinajstić information content (AvgIpc) is 2.94. The summed E-state index contributed by atoms with van der Waals surface area (Å²) in [7, 11) is 0. The van der Waals surface area contributed by atoms with E-state index in [2.05, 4.69) is 29.0 Å². The average molecular weight is 260 g/mol. The highest BCUT2D eigenvalue weighted by Gasteiger charge is 2.18. The molecular formula is C14H20N4O. The molecule has 1 atom stereocenters. The number of nitrogens with zero attached hydrogens (tertiary/aromatic N) is 3. The van der Waals surface area contributed by atoms with Gasteiger partial charge in [-0.3, -0.25) is 4.98 Å². The van der Waals surface area contributed by atoms with Crippen molar-refractivity contribution in [3.63, 3.8) is 0 Å². The van der Waals surface area contributed by atoms with E-state index in [-0.39, 0.29) is 5.92 Å². The summed E-state index contributed by atoms with van der Waals surface area (Å²) < 4.78 is 5.36. The molecule has 2 heterocycles. The molecule has 2 N–H and O–H groups in total.